The smallest absolute Gasteiger partial charge is 0.321 e. The first-order chi connectivity index (χ1) is 3.98. The highest BCUT2D eigenvalue weighted by Crippen LogP contribution is 2.44. The minimum absolute atomic E-state index is 0.0394. The van der Waals surface area contributed by atoms with Gasteiger partial charge >= 0.3 is 7.60 Å². The van der Waals surface area contributed by atoms with Gasteiger partial charge in [-0.25, -0.2) is 0 Å². The van der Waals surface area contributed by atoms with Crippen molar-refractivity contribution in [2.45, 2.75) is 6.92 Å². The van der Waals surface area contributed by atoms with Crippen LogP contribution < -0.4 is 0 Å². The maximum atomic E-state index is 10.3. The van der Waals surface area contributed by atoms with Crippen molar-refractivity contribution in [1.29, 1.82) is 0 Å². The fraction of sp³-hybridized carbons (Fsp3) is 0.200. The van der Waals surface area contributed by atoms with Crippen molar-refractivity contribution in [2.24, 2.45) is 0 Å². The largest absolute Gasteiger partial charge is 0.351 e. The summed E-state index contributed by atoms with van der Waals surface area (Å²) < 4.78 is 10.3. The second-order valence-corrected chi connectivity index (χ2v) is 3.38. The zero-order chi connectivity index (χ0) is 7.49. The molecule has 0 spiro atoms. The van der Waals surface area contributed by atoms with Crippen LogP contribution in [0.25, 0.3) is 0 Å². The van der Waals surface area contributed by atoms with E-state index >= 15 is 0 Å². The fourth-order valence-corrected chi connectivity index (χ4v) is 0.567. The first-order valence-corrected chi connectivity index (χ1v) is 3.95. The van der Waals surface area contributed by atoms with Gasteiger partial charge in [-0.3, -0.25) is 4.57 Å². The van der Waals surface area contributed by atoms with E-state index in [1.807, 2.05) is 0 Å². The fourth-order valence-electron chi connectivity index (χ4n) is 0.268. The van der Waals surface area contributed by atoms with Gasteiger partial charge in [0.2, 0.25) is 0 Å². The molecule has 0 aromatic heterocycles. The summed E-state index contributed by atoms with van der Waals surface area (Å²) in [6, 6.07) is 0. The van der Waals surface area contributed by atoms with Crippen LogP contribution in [0.4, 0.5) is 0 Å². The molecule has 0 bridgehead atoms. The summed E-state index contributed by atoms with van der Waals surface area (Å²) in [4.78, 5) is 16.8. The van der Waals surface area contributed by atoms with Gasteiger partial charge < -0.3 is 9.79 Å². The van der Waals surface area contributed by atoms with Gasteiger partial charge in [-0.05, 0) is 6.92 Å². The molecule has 0 heterocycles. The Morgan fingerprint density at radius 1 is 1.67 bits per heavy atom. The lowest BCUT2D eigenvalue weighted by atomic mass is 10.5. The van der Waals surface area contributed by atoms with E-state index in [9.17, 15) is 4.57 Å². The molecule has 0 aliphatic carbocycles. The topological polar surface area (TPSA) is 57.5 Å². The second-order valence-electron chi connectivity index (χ2n) is 1.59. The van der Waals surface area contributed by atoms with E-state index in [1.165, 1.54) is 19.1 Å². The van der Waals surface area contributed by atoms with Crippen molar-refractivity contribution in [3.05, 3.63) is 24.0 Å². The molecule has 9 heavy (non-hydrogen) atoms. The zero-order valence-electron chi connectivity index (χ0n) is 5.11. The molecule has 52 valence electrons. The standard InChI is InChI=1S/C5H9O3P/c1-3-4-5(2)9(6,7)8/h3-4H,1H2,2H3,(H2,6,7,8). The van der Waals surface area contributed by atoms with Crippen molar-refractivity contribution in [3.8, 4) is 0 Å². The summed E-state index contributed by atoms with van der Waals surface area (Å²) in [5.41, 5.74) is 0. The highest BCUT2D eigenvalue weighted by atomic mass is 31.2. The van der Waals surface area contributed by atoms with Gasteiger partial charge in [-0.15, -0.1) is 0 Å². The van der Waals surface area contributed by atoms with Crippen LogP contribution in [0.3, 0.4) is 0 Å². The van der Waals surface area contributed by atoms with E-state index in [-0.39, 0.29) is 5.31 Å². The van der Waals surface area contributed by atoms with Crippen molar-refractivity contribution < 1.29 is 14.4 Å². The van der Waals surface area contributed by atoms with E-state index in [2.05, 4.69) is 6.58 Å². The van der Waals surface area contributed by atoms with Crippen LogP contribution in [0.15, 0.2) is 24.0 Å². The molecule has 0 unspecified atom stereocenters. The minimum atomic E-state index is -3.98. The van der Waals surface area contributed by atoms with Crippen molar-refractivity contribution in [3.63, 3.8) is 0 Å². The average Bonchev–Trinajstić information content (AvgIpc) is 1.64. The predicted octanol–water partition coefficient (Wildman–Crippen LogP) is 1.25. The van der Waals surface area contributed by atoms with Gasteiger partial charge in [-0.1, -0.05) is 18.7 Å². The Balaban J connectivity index is 4.39. The molecule has 0 aromatic rings. The molecule has 0 aliphatic rings. The van der Waals surface area contributed by atoms with E-state index in [4.69, 9.17) is 9.79 Å². The summed E-state index contributed by atoms with van der Waals surface area (Å²) in [5.74, 6) is 0. The van der Waals surface area contributed by atoms with E-state index in [1.54, 1.807) is 0 Å². The van der Waals surface area contributed by atoms with Crippen LogP contribution >= 0.6 is 7.60 Å². The second kappa shape index (κ2) is 2.97. The van der Waals surface area contributed by atoms with Crippen molar-refractivity contribution >= 4 is 7.60 Å². The van der Waals surface area contributed by atoms with Crippen LogP contribution in [0.1, 0.15) is 6.92 Å². The first kappa shape index (κ1) is 8.63. The van der Waals surface area contributed by atoms with Crippen molar-refractivity contribution in [1.82, 2.24) is 0 Å². The molecule has 0 amide bonds. The molecule has 4 heteroatoms. The Morgan fingerprint density at radius 3 is 2.22 bits per heavy atom. The van der Waals surface area contributed by atoms with E-state index in [0.717, 1.165) is 0 Å². The lowest BCUT2D eigenvalue weighted by Gasteiger charge is -2.00. The maximum absolute atomic E-state index is 10.3. The van der Waals surface area contributed by atoms with Gasteiger partial charge in [0.15, 0.2) is 0 Å². The van der Waals surface area contributed by atoms with Crippen LogP contribution in [0.2, 0.25) is 0 Å². The van der Waals surface area contributed by atoms with Crippen LogP contribution in [0.5, 0.6) is 0 Å². The third kappa shape index (κ3) is 3.25. The zero-order valence-corrected chi connectivity index (χ0v) is 6.01. The summed E-state index contributed by atoms with van der Waals surface area (Å²) in [5, 5.41) is 0.0394. The first-order valence-electron chi connectivity index (χ1n) is 2.34. The molecule has 0 aliphatic heterocycles. The molecule has 0 fully saturated rings. The molecule has 3 nitrogen and oxygen atoms in total. The van der Waals surface area contributed by atoms with Gasteiger partial charge in [0.05, 0.1) is 0 Å². The van der Waals surface area contributed by atoms with Gasteiger partial charge in [0.25, 0.3) is 0 Å². The highest BCUT2D eigenvalue weighted by Gasteiger charge is 2.13. The van der Waals surface area contributed by atoms with Gasteiger partial charge in [0, 0.05) is 5.31 Å². The molecule has 0 saturated heterocycles. The summed E-state index contributed by atoms with van der Waals surface area (Å²) in [6.07, 6.45) is 2.63. The lowest BCUT2D eigenvalue weighted by molar-refractivity contribution is 0.382. The molecule has 0 radical (unpaired) electrons. The minimum Gasteiger partial charge on any atom is -0.321 e. The van der Waals surface area contributed by atoms with Gasteiger partial charge in [-0.2, -0.15) is 0 Å². The maximum Gasteiger partial charge on any atom is 0.351 e. The quantitative estimate of drug-likeness (QED) is 0.457. The van der Waals surface area contributed by atoms with Gasteiger partial charge in [0.1, 0.15) is 0 Å². The summed E-state index contributed by atoms with van der Waals surface area (Å²) >= 11 is 0. The predicted molar refractivity (Wildman–Crippen MR) is 36.0 cm³/mol. The SMILES string of the molecule is C=CC=C(C)P(=O)(O)O. The molecular formula is C5H9O3P. The molecule has 0 aromatic carbocycles. The Kier molecular flexibility index (Phi) is 2.85. The van der Waals surface area contributed by atoms with Crippen LogP contribution in [0, 0.1) is 0 Å². The number of hydrogen-bond acceptors (Lipinski definition) is 1. The van der Waals surface area contributed by atoms with E-state index < -0.39 is 7.60 Å². The normalized spacial score (nSPS) is 13.4. The Labute approximate surface area is 53.9 Å². The number of rotatable bonds is 2. The third-order valence-electron chi connectivity index (χ3n) is 0.819. The molecular weight excluding hydrogens is 139 g/mol. The molecule has 0 saturated carbocycles. The Morgan fingerprint density at radius 2 is 2.11 bits per heavy atom. The Bertz CT molecular complexity index is 177. The van der Waals surface area contributed by atoms with E-state index in [0.29, 0.717) is 0 Å². The molecule has 2 N–H and O–H groups in total. The number of hydrogen-bond donors (Lipinski definition) is 2. The molecule has 0 atom stereocenters. The highest BCUT2D eigenvalue weighted by molar-refractivity contribution is 7.56. The Hall–Kier alpha value is -0.370. The monoisotopic (exact) mass is 148 g/mol. The lowest BCUT2D eigenvalue weighted by Crippen LogP contribution is -1.77. The summed E-state index contributed by atoms with van der Waals surface area (Å²) in [6.45, 7) is 4.66. The molecule has 0 rings (SSSR count). The van der Waals surface area contributed by atoms with Crippen molar-refractivity contribution in [2.75, 3.05) is 0 Å². The number of allylic oxidation sites excluding steroid dienone is 3. The van der Waals surface area contributed by atoms with Crippen LogP contribution in [-0.4, -0.2) is 9.79 Å². The third-order valence-corrected chi connectivity index (χ3v) is 1.89. The van der Waals surface area contributed by atoms with Crippen LogP contribution in [-0.2, 0) is 4.57 Å². The average molecular weight is 148 g/mol. The summed E-state index contributed by atoms with van der Waals surface area (Å²) in [7, 11) is -3.98.